The molecular weight excluding hydrogens is 282 g/mol. The Bertz CT molecular complexity index is 625. The van der Waals surface area contributed by atoms with E-state index in [0.717, 1.165) is 18.7 Å². The number of aromatic nitrogens is 2. The van der Waals surface area contributed by atoms with E-state index in [4.69, 9.17) is 14.2 Å². The van der Waals surface area contributed by atoms with E-state index in [1.54, 1.807) is 26.0 Å². The Morgan fingerprint density at radius 2 is 1.77 bits per heavy atom. The summed E-state index contributed by atoms with van der Waals surface area (Å²) in [6.07, 6.45) is 3.89. The summed E-state index contributed by atoms with van der Waals surface area (Å²) in [6, 6.07) is 3.90. The fraction of sp³-hybridized carbons (Fsp3) is 0.438. The van der Waals surface area contributed by atoms with Gasteiger partial charge in [-0.05, 0) is 13.1 Å². The predicted octanol–water partition coefficient (Wildman–Crippen LogP) is 2.08. The van der Waals surface area contributed by atoms with Gasteiger partial charge in [0.1, 0.15) is 0 Å². The van der Waals surface area contributed by atoms with E-state index in [0.29, 0.717) is 17.2 Å². The standard InChI is InChI=1S/C16H23N3O3/c1-18(9-12-8-17-19(2)10-12)11-13-6-7-14(20-3)16(22-5)15(13)21-4/h6-8,10H,9,11H2,1-5H3. The zero-order valence-corrected chi connectivity index (χ0v) is 13.8. The first-order valence-electron chi connectivity index (χ1n) is 7.03. The van der Waals surface area contributed by atoms with Gasteiger partial charge in [-0.15, -0.1) is 0 Å². The molecule has 0 aliphatic heterocycles. The van der Waals surface area contributed by atoms with Crippen LogP contribution in [0.2, 0.25) is 0 Å². The number of hydrogen-bond acceptors (Lipinski definition) is 5. The third-order valence-corrected chi connectivity index (χ3v) is 3.44. The number of nitrogens with zero attached hydrogens (tertiary/aromatic N) is 3. The summed E-state index contributed by atoms with van der Waals surface area (Å²) >= 11 is 0. The van der Waals surface area contributed by atoms with Crippen molar-refractivity contribution >= 4 is 0 Å². The summed E-state index contributed by atoms with van der Waals surface area (Å²) in [4.78, 5) is 2.20. The highest BCUT2D eigenvalue weighted by Gasteiger charge is 2.17. The summed E-state index contributed by atoms with van der Waals surface area (Å²) in [5.41, 5.74) is 2.22. The number of benzene rings is 1. The van der Waals surface area contributed by atoms with E-state index in [1.165, 1.54) is 5.56 Å². The van der Waals surface area contributed by atoms with Crippen molar-refractivity contribution in [1.82, 2.24) is 14.7 Å². The number of methoxy groups -OCH3 is 3. The van der Waals surface area contributed by atoms with Gasteiger partial charge < -0.3 is 14.2 Å². The van der Waals surface area contributed by atoms with E-state index in [1.807, 2.05) is 31.6 Å². The number of aryl methyl sites for hydroxylation is 1. The molecule has 1 aromatic heterocycles. The summed E-state index contributed by atoms with van der Waals surface area (Å²) < 4.78 is 18.1. The van der Waals surface area contributed by atoms with Gasteiger partial charge >= 0.3 is 0 Å². The normalized spacial score (nSPS) is 10.8. The molecule has 0 bridgehead atoms. The number of rotatable bonds is 7. The molecule has 0 fully saturated rings. The van der Waals surface area contributed by atoms with Gasteiger partial charge in [0.2, 0.25) is 5.75 Å². The smallest absolute Gasteiger partial charge is 0.203 e. The second-order valence-electron chi connectivity index (χ2n) is 5.19. The minimum absolute atomic E-state index is 0.622. The summed E-state index contributed by atoms with van der Waals surface area (Å²) in [5.74, 6) is 2.00. The topological polar surface area (TPSA) is 48.8 Å². The molecule has 6 heteroatoms. The minimum atomic E-state index is 0.622. The summed E-state index contributed by atoms with van der Waals surface area (Å²) in [6.45, 7) is 1.55. The molecule has 0 spiro atoms. The number of hydrogen-bond donors (Lipinski definition) is 0. The van der Waals surface area contributed by atoms with Crippen molar-refractivity contribution in [3.8, 4) is 17.2 Å². The summed E-state index contributed by atoms with van der Waals surface area (Å²) in [5, 5.41) is 4.19. The highest BCUT2D eigenvalue weighted by molar-refractivity contribution is 5.55. The molecule has 0 saturated carbocycles. The Morgan fingerprint density at radius 3 is 2.32 bits per heavy atom. The van der Waals surface area contributed by atoms with Crippen LogP contribution in [-0.2, 0) is 20.1 Å². The van der Waals surface area contributed by atoms with Crippen LogP contribution in [0.4, 0.5) is 0 Å². The molecule has 0 amide bonds. The van der Waals surface area contributed by atoms with Gasteiger partial charge in [0, 0.05) is 37.5 Å². The molecule has 0 aliphatic rings. The average molecular weight is 305 g/mol. The van der Waals surface area contributed by atoms with E-state index in [2.05, 4.69) is 17.0 Å². The van der Waals surface area contributed by atoms with Crippen molar-refractivity contribution < 1.29 is 14.2 Å². The average Bonchev–Trinajstić information content (AvgIpc) is 2.91. The molecule has 0 unspecified atom stereocenters. The lowest BCUT2D eigenvalue weighted by Crippen LogP contribution is -2.17. The van der Waals surface area contributed by atoms with Gasteiger partial charge in [-0.3, -0.25) is 9.58 Å². The van der Waals surface area contributed by atoms with E-state index < -0.39 is 0 Å². The first-order chi connectivity index (χ1) is 10.6. The largest absolute Gasteiger partial charge is 0.493 e. The van der Waals surface area contributed by atoms with Gasteiger partial charge in [-0.25, -0.2) is 0 Å². The molecule has 0 atom stereocenters. The fourth-order valence-corrected chi connectivity index (χ4v) is 2.50. The zero-order chi connectivity index (χ0) is 16.1. The maximum Gasteiger partial charge on any atom is 0.203 e. The van der Waals surface area contributed by atoms with Crippen LogP contribution in [0.5, 0.6) is 17.2 Å². The number of ether oxygens (including phenoxy) is 3. The molecule has 2 rings (SSSR count). The maximum absolute atomic E-state index is 5.52. The molecule has 2 aromatic rings. The lowest BCUT2D eigenvalue weighted by atomic mass is 10.1. The Kier molecular flexibility index (Phi) is 5.27. The van der Waals surface area contributed by atoms with E-state index in [-0.39, 0.29) is 0 Å². The van der Waals surface area contributed by atoms with Crippen LogP contribution in [0.1, 0.15) is 11.1 Å². The van der Waals surface area contributed by atoms with Crippen LogP contribution in [-0.4, -0.2) is 43.1 Å². The minimum Gasteiger partial charge on any atom is -0.493 e. The van der Waals surface area contributed by atoms with Crippen LogP contribution in [0.15, 0.2) is 24.5 Å². The van der Waals surface area contributed by atoms with Crippen molar-refractivity contribution in [2.75, 3.05) is 28.4 Å². The van der Waals surface area contributed by atoms with Crippen LogP contribution in [0.3, 0.4) is 0 Å². The lowest BCUT2D eigenvalue weighted by Gasteiger charge is -2.20. The first-order valence-corrected chi connectivity index (χ1v) is 7.03. The van der Waals surface area contributed by atoms with Gasteiger partial charge in [-0.2, -0.15) is 5.10 Å². The van der Waals surface area contributed by atoms with Crippen LogP contribution < -0.4 is 14.2 Å². The Morgan fingerprint density at radius 1 is 1.05 bits per heavy atom. The molecule has 120 valence electrons. The molecule has 0 aliphatic carbocycles. The van der Waals surface area contributed by atoms with Crippen molar-refractivity contribution in [2.45, 2.75) is 13.1 Å². The monoisotopic (exact) mass is 305 g/mol. The van der Waals surface area contributed by atoms with Crippen molar-refractivity contribution in [1.29, 1.82) is 0 Å². The van der Waals surface area contributed by atoms with Crippen molar-refractivity contribution in [3.05, 3.63) is 35.7 Å². The van der Waals surface area contributed by atoms with Gasteiger partial charge in [0.25, 0.3) is 0 Å². The molecule has 1 heterocycles. The molecule has 6 nitrogen and oxygen atoms in total. The van der Waals surface area contributed by atoms with Crippen LogP contribution in [0.25, 0.3) is 0 Å². The predicted molar refractivity (Wildman–Crippen MR) is 84.5 cm³/mol. The quantitative estimate of drug-likeness (QED) is 0.784. The Balaban J connectivity index is 2.17. The fourth-order valence-electron chi connectivity index (χ4n) is 2.50. The highest BCUT2D eigenvalue weighted by Crippen LogP contribution is 2.40. The van der Waals surface area contributed by atoms with Crippen molar-refractivity contribution in [2.24, 2.45) is 7.05 Å². The lowest BCUT2D eigenvalue weighted by molar-refractivity contribution is 0.296. The van der Waals surface area contributed by atoms with E-state index >= 15 is 0 Å². The Hall–Kier alpha value is -2.21. The molecular formula is C16H23N3O3. The Labute approximate surface area is 131 Å². The maximum atomic E-state index is 5.52. The van der Waals surface area contributed by atoms with Crippen molar-refractivity contribution in [3.63, 3.8) is 0 Å². The third-order valence-electron chi connectivity index (χ3n) is 3.44. The highest BCUT2D eigenvalue weighted by atomic mass is 16.5. The molecule has 0 radical (unpaired) electrons. The van der Waals surface area contributed by atoms with Gasteiger partial charge in [-0.1, -0.05) is 6.07 Å². The van der Waals surface area contributed by atoms with Gasteiger partial charge in [0.05, 0.1) is 27.5 Å². The summed E-state index contributed by atoms with van der Waals surface area (Å²) in [7, 11) is 8.85. The van der Waals surface area contributed by atoms with Gasteiger partial charge in [0.15, 0.2) is 11.5 Å². The molecule has 22 heavy (non-hydrogen) atoms. The molecule has 1 aromatic carbocycles. The second-order valence-corrected chi connectivity index (χ2v) is 5.19. The molecule has 0 N–H and O–H groups in total. The van der Waals surface area contributed by atoms with Crippen LogP contribution >= 0.6 is 0 Å². The third kappa shape index (κ3) is 3.51. The van der Waals surface area contributed by atoms with Crippen LogP contribution in [0, 0.1) is 0 Å². The second kappa shape index (κ2) is 7.17. The first kappa shape index (κ1) is 16.2. The zero-order valence-electron chi connectivity index (χ0n) is 13.8. The molecule has 0 saturated heterocycles. The SMILES string of the molecule is COc1ccc(CN(C)Cc2cnn(C)c2)c(OC)c1OC. The van der Waals surface area contributed by atoms with E-state index in [9.17, 15) is 0 Å².